The Kier molecular flexibility index (Phi) is 5.91. The van der Waals surface area contributed by atoms with Crippen LogP contribution in [0.4, 0.5) is 17.1 Å². The van der Waals surface area contributed by atoms with E-state index in [1.807, 2.05) is 37.3 Å². The molecule has 0 spiro atoms. The summed E-state index contributed by atoms with van der Waals surface area (Å²) in [6, 6.07) is 20.5. The van der Waals surface area contributed by atoms with Gasteiger partial charge >= 0.3 is 0 Å². The zero-order valence-corrected chi connectivity index (χ0v) is 15.8. The van der Waals surface area contributed by atoms with E-state index < -0.39 is 10.8 Å². The third-order valence-corrected chi connectivity index (χ3v) is 4.45. The van der Waals surface area contributed by atoms with Crippen molar-refractivity contribution in [3.63, 3.8) is 0 Å². The molecule has 0 bridgehead atoms. The molecule has 1 atom stereocenters. The molecule has 28 heavy (non-hydrogen) atoms. The molecule has 2 N–H and O–H groups in total. The summed E-state index contributed by atoms with van der Waals surface area (Å²) in [5.41, 5.74) is 2.06. The monoisotopic (exact) mass is 395 g/mol. The van der Waals surface area contributed by atoms with Crippen LogP contribution < -0.4 is 10.6 Å². The van der Waals surface area contributed by atoms with Gasteiger partial charge in [-0.15, -0.1) is 0 Å². The van der Waals surface area contributed by atoms with E-state index in [4.69, 9.17) is 11.6 Å². The van der Waals surface area contributed by atoms with E-state index in [0.717, 1.165) is 5.56 Å². The minimum Gasteiger partial charge on any atom is -0.378 e. The quantitative estimate of drug-likeness (QED) is 0.415. The molecule has 0 aliphatic carbocycles. The smallest absolute Gasteiger partial charge is 0.270 e. The van der Waals surface area contributed by atoms with E-state index in [2.05, 4.69) is 10.6 Å². The summed E-state index contributed by atoms with van der Waals surface area (Å²) in [4.78, 5) is 23.5. The van der Waals surface area contributed by atoms with E-state index >= 15 is 0 Å². The van der Waals surface area contributed by atoms with E-state index in [-0.39, 0.29) is 17.3 Å². The minimum atomic E-state index is -0.527. The summed E-state index contributed by atoms with van der Waals surface area (Å²) in [7, 11) is 0. The van der Waals surface area contributed by atoms with Crippen molar-refractivity contribution in [3.05, 3.63) is 99.1 Å². The lowest BCUT2D eigenvalue weighted by atomic mass is 10.1. The number of hydrogen-bond acceptors (Lipinski definition) is 4. The van der Waals surface area contributed by atoms with Crippen LogP contribution in [0.25, 0.3) is 0 Å². The highest BCUT2D eigenvalue weighted by Crippen LogP contribution is 2.27. The average molecular weight is 396 g/mol. The van der Waals surface area contributed by atoms with Crippen LogP contribution in [0.3, 0.4) is 0 Å². The van der Waals surface area contributed by atoms with Crippen molar-refractivity contribution < 1.29 is 9.72 Å². The lowest BCUT2D eigenvalue weighted by molar-refractivity contribution is -0.384. The van der Waals surface area contributed by atoms with E-state index in [9.17, 15) is 14.9 Å². The van der Waals surface area contributed by atoms with Crippen LogP contribution in [0.15, 0.2) is 72.8 Å². The van der Waals surface area contributed by atoms with Gasteiger partial charge in [-0.2, -0.15) is 0 Å². The topological polar surface area (TPSA) is 84.3 Å². The molecule has 0 fully saturated rings. The van der Waals surface area contributed by atoms with Crippen molar-refractivity contribution in [2.45, 2.75) is 13.0 Å². The van der Waals surface area contributed by atoms with Crippen LogP contribution in [-0.4, -0.2) is 10.8 Å². The number of carbonyl (C=O) groups excluding carboxylic acids is 1. The molecule has 0 aliphatic heterocycles. The van der Waals surface area contributed by atoms with Gasteiger partial charge in [-0.05, 0) is 36.8 Å². The number of rotatable bonds is 6. The number of non-ortho nitro benzene ring substituents is 1. The molecule has 0 aromatic heterocycles. The maximum absolute atomic E-state index is 12.8. The molecular formula is C21H18ClN3O3. The molecule has 7 heteroatoms. The number of nitro benzene ring substituents is 1. The lowest BCUT2D eigenvalue weighted by Crippen LogP contribution is -2.16. The van der Waals surface area contributed by atoms with Crippen LogP contribution in [0, 0.1) is 10.1 Å². The Morgan fingerprint density at radius 2 is 1.79 bits per heavy atom. The molecular weight excluding hydrogens is 378 g/mol. The van der Waals surface area contributed by atoms with Crippen molar-refractivity contribution in [2.75, 3.05) is 10.6 Å². The molecule has 0 unspecified atom stereocenters. The van der Waals surface area contributed by atoms with Gasteiger partial charge in [-0.25, -0.2) is 0 Å². The van der Waals surface area contributed by atoms with Crippen molar-refractivity contribution >= 4 is 34.6 Å². The Hall–Kier alpha value is -3.38. The van der Waals surface area contributed by atoms with Crippen LogP contribution in [0.5, 0.6) is 0 Å². The largest absolute Gasteiger partial charge is 0.378 e. The molecule has 3 rings (SSSR count). The van der Waals surface area contributed by atoms with E-state index in [1.54, 1.807) is 30.3 Å². The van der Waals surface area contributed by atoms with Crippen molar-refractivity contribution in [1.82, 2.24) is 0 Å². The first-order chi connectivity index (χ1) is 13.4. The SMILES string of the molecule is C[C@@H](Nc1ccc([N+](=O)[O-])cc1C(=O)Nc1cccc(Cl)c1)c1ccccc1. The Balaban J connectivity index is 1.91. The van der Waals surface area contributed by atoms with Crippen LogP contribution in [-0.2, 0) is 0 Å². The van der Waals surface area contributed by atoms with Gasteiger partial charge in [0.2, 0.25) is 0 Å². The minimum absolute atomic E-state index is 0.0969. The number of nitrogens with one attached hydrogen (secondary N) is 2. The van der Waals surface area contributed by atoms with Gasteiger partial charge in [0.1, 0.15) is 0 Å². The van der Waals surface area contributed by atoms with E-state index in [1.165, 1.54) is 12.1 Å². The number of halogens is 1. The fraction of sp³-hybridized carbons (Fsp3) is 0.0952. The number of amides is 1. The van der Waals surface area contributed by atoms with Gasteiger partial charge < -0.3 is 10.6 Å². The first-order valence-corrected chi connectivity index (χ1v) is 8.98. The van der Waals surface area contributed by atoms with Gasteiger partial charge in [-0.1, -0.05) is 48.0 Å². The average Bonchev–Trinajstić information content (AvgIpc) is 2.68. The zero-order chi connectivity index (χ0) is 20.1. The maximum atomic E-state index is 12.8. The highest BCUT2D eigenvalue weighted by Gasteiger charge is 2.18. The van der Waals surface area contributed by atoms with Crippen molar-refractivity contribution in [2.24, 2.45) is 0 Å². The first kappa shape index (κ1) is 19.4. The van der Waals surface area contributed by atoms with Gasteiger partial charge in [0, 0.05) is 34.6 Å². The van der Waals surface area contributed by atoms with Crippen LogP contribution in [0.1, 0.15) is 28.9 Å². The second-order valence-electron chi connectivity index (χ2n) is 6.23. The summed E-state index contributed by atoms with van der Waals surface area (Å²) in [5, 5.41) is 17.6. The third-order valence-electron chi connectivity index (χ3n) is 4.21. The molecule has 142 valence electrons. The van der Waals surface area contributed by atoms with Gasteiger partial charge in [0.25, 0.3) is 11.6 Å². The van der Waals surface area contributed by atoms with E-state index in [0.29, 0.717) is 16.4 Å². The number of benzene rings is 3. The highest BCUT2D eigenvalue weighted by atomic mass is 35.5. The maximum Gasteiger partial charge on any atom is 0.270 e. The van der Waals surface area contributed by atoms with Crippen LogP contribution in [0.2, 0.25) is 5.02 Å². The summed E-state index contributed by atoms with van der Waals surface area (Å²) in [6.45, 7) is 1.95. The molecule has 0 saturated heterocycles. The van der Waals surface area contributed by atoms with Gasteiger partial charge in [0.15, 0.2) is 0 Å². The molecule has 3 aromatic rings. The Bertz CT molecular complexity index is 1010. The van der Waals surface area contributed by atoms with Crippen molar-refractivity contribution in [3.8, 4) is 0 Å². The Labute approximate surface area is 167 Å². The molecule has 0 heterocycles. The predicted octanol–water partition coefficient (Wildman–Crippen LogP) is 5.67. The molecule has 6 nitrogen and oxygen atoms in total. The summed E-state index contributed by atoms with van der Waals surface area (Å²) >= 11 is 5.96. The molecule has 0 aliphatic rings. The standard InChI is InChI=1S/C21H18ClN3O3/c1-14(15-6-3-2-4-7-15)23-20-11-10-18(25(27)28)13-19(20)21(26)24-17-9-5-8-16(22)12-17/h2-14,23H,1H3,(H,24,26)/t14-/m1/s1. The normalized spacial score (nSPS) is 11.5. The fourth-order valence-corrected chi connectivity index (χ4v) is 2.97. The number of nitrogens with zero attached hydrogens (tertiary/aromatic N) is 1. The third kappa shape index (κ3) is 4.66. The number of carbonyl (C=O) groups is 1. The Morgan fingerprint density at radius 3 is 2.46 bits per heavy atom. The predicted molar refractivity (Wildman–Crippen MR) is 111 cm³/mol. The van der Waals surface area contributed by atoms with Crippen molar-refractivity contribution in [1.29, 1.82) is 0 Å². The second kappa shape index (κ2) is 8.54. The number of hydrogen-bond donors (Lipinski definition) is 2. The summed E-state index contributed by atoms with van der Waals surface area (Å²) in [6.07, 6.45) is 0. The summed E-state index contributed by atoms with van der Waals surface area (Å²) < 4.78 is 0. The van der Waals surface area contributed by atoms with Crippen LogP contribution >= 0.6 is 11.6 Å². The molecule has 3 aromatic carbocycles. The zero-order valence-electron chi connectivity index (χ0n) is 15.1. The number of anilines is 2. The lowest BCUT2D eigenvalue weighted by Gasteiger charge is -2.18. The second-order valence-corrected chi connectivity index (χ2v) is 6.66. The highest BCUT2D eigenvalue weighted by molar-refractivity contribution is 6.31. The Morgan fingerprint density at radius 1 is 1.04 bits per heavy atom. The fourth-order valence-electron chi connectivity index (χ4n) is 2.78. The molecule has 0 saturated carbocycles. The summed E-state index contributed by atoms with van der Waals surface area (Å²) in [5.74, 6) is -0.464. The number of nitro groups is 1. The molecule has 1 amide bonds. The first-order valence-electron chi connectivity index (χ1n) is 8.61. The van der Waals surface area contributed by atoms with Gasteiger partial charge in [0.05, 0.1) is 10.5 Å². The molecule has 0 radical (unpaired) electrons. The van der Waals surface area contributed by atoms with Gasteiger partial charge in [-0.3, -0.25) is 14.9 Å².